The van der Waals surface area contributed by atoms with Crippen molar-refractivity contribution in [3.8, 4) is 0 Å². The van der Waals surface area contributed by atoms with Gasteiger partial charge in [0.05, 0.1) is 11.4 Å². The number of quaternary nitrogens is 2. The number of nitrogens with zero attached hydrogens (tertiary/aromatic N) is 3. The van der Waals surface area contributed by atoms with Gasteiger partial charge in [-0.25, -0.2) is 10.4 Å². The number of halogens is 1. The maximum atomic E-state index is 11.9. The summed E-state index contributed by atoms with van der Waals surface area (Å²) in [6.07, 6.45) is 0. The van der Waals surface area contributed by atoms with Crippen LogP contribution in [0.5, 0.6) is 0 Å². The third kappa shape index (κ3) is 5.90. The van der Waals surface area contributed by atoms with E-state index >= 15 is 0 Å². The lowest BCUT2D eigenvalue weighted by Gasteiger charge is -2.23. The third-order valence-corrected chi connectivity index (χ3v) is 5.63. The van der Waals surface area contributed by atoms with Gasteiger partial charge in [-0.1, -0.05) is 28.1 Å². The Morgan fingerprint density at radius 3 is 1.62 bits per heavy atom. The summed E-state index contributed by atoms with van der Waals surface area (Å²) < 4.78 is 0.915. The van der Waals surface area contributed by atoms with Gasteiger partial charge in [-0.3, -0.25) is 5.43 Å². The zero-order valence-electron chi connectivity index (χ0n) is 19.2. The van der Waals surface area contributed by atoms with Gasteiger partial charge in [-0.15, -0.1) is 0 Å². The van der Waals surface area contributed by atoms with Crippen LogP contribution in [-0.2, 0) is 0 Å². The molecule has 10 nitrogen and oxygen atoms in total. The molecule has 0 fully saturated rings. The Bertz CT molecular complexity index is 1100. The number of hydrogen-bond donors (Lipinski definition) is 5. The van der Waals surface area contributed by atoms with Crippen LogP contribution in [-0.4, -0.2) is 44.3 Å². The molecule has 5 N–H and O–H groups in total. The minimum Gasteiger partial charge on any atom is -0.595 e. The van der Waals surface area contributed by atoms with Gasteiger partial charge in [-0.2, -0.15) is 15.6 Å². The van der Waals surface area contributed by atoms with Crippen molar-refractivity contribution in [2.24, 2.45) is 5.10 Å². The Kier molecular flexibility index (Phi) is 8.23. The van der Waals surface area contributed by atoms with Crippen LogP contribution in [0.25, 0.3) is 0 Å². The van der Waals surface area contributed by atoms with Crippen LogP contribution in [0.4, 0.5) is 28.4 Å². The summed E-state index contributed by atoms with van der Waals surface area (Å²) in [6.45, 7) is 0. The summed E-state index contributed by atoms with van der Waals surface area (Å²) in [5.41, 5.74) is 6.49. The SMILES string of the molecule is CN(C)c1ccc(C(=NNc2ccc(Br)cc2)c2ccc(N(C)C)c([NH+]([O-])O)c2)cc1[NH+]([O-])O. The second kappa shape index (κ2) is 10.9. The lowest BCUT2D eigenvalue weighted by Crippen LogP contribution is -2.99. The molecule has 34 heavy (non-hydrogen) atoms. The summed E-state index contributed by atoms with van der Waals surface area (Å²) in [5.74, 6) is 0. The van der Waals surface area contributed by atoms with Crippen LogP contribution >= 0.6 is 15.9 Å². The minimum atomic E-state index is -1.07. The summed E-state index contributed by atoms with van der Waals surface area (Å²) in [4.78, 5) is 3.44. The second-order valence-corrected chi connectivity index (χ2v) is 8.86. The molecule has 0 saturated carbocycles. The van der Waals surface area contributed by atoms with Crippen molar-refractivity contribution in [1.29, 1.82) is 0 Å². The van der Waals surface area contributed by atoms with E-state index in [0.29, 0.717) is 33.9 Å². The molecule has 2 atom stereocenters. The molecule has 180 valence electrons. The number of hydrazone groups is 1. The average molecular weight is 531 g/mol. The number of rotatable bonds is 8. The standard InChI is InChI=1S/C23H27BrN6O4/c1-27(2)19-11-5-15(13-21(19)29(31)32)23(26-25-18-9-7-17(24)8-10-18)16-6-12-20(28(3)4)22(14-16)30(33)34/h5-14,25,29-31,33H,1-4H3. The average Bonchev–Trinajstić information content (AvgIpc) is 2.79. The highest BCUT2D eigenvalue weighted by molar-refractivity contribution is 9.10. The van der Waals surface area contributed by atoms with Gasteiger partial charge < -0.3 is 20.2 Å². The molecule has 0 aromatic heterocycles. The van der Waals surface area contributed by atoms with Gasteiger partial charge in [0.1, 0.15) is 11.4 Å². The van der Waals surface area contributed by atoms with Crippen molar-refractivity contribution in [2.75, 3.05) is 43.4 Å². The van der Waals surface area contributed by atoms with E-state index in [1.165, 1.54) is 0 Å². The van der Waals surface area contributed by atoms with Crippen LogP contribution in [0.3, 0.4) is 0 Å². The first-order valence-electron chi connectivity index (χ1n) is 10.3. The molecule has 0 aliphatic carbocycles. The van der Waals surface area contributed by atoms with E-state index in [-0.39, 0.29) is 11.4 Å². The predicted octanol–water partition coefficient (Wildman–Crippen LogP) is 2.25. The van der Waals surface area contributed by atoms with E-state index in [2.05, 4.69) is 26.5 Å². The van der Waals surface area contributed by atoms with Gasteiger partial charge in [-0.05, 0) is 36.4 Å². The largest absolute Gasteiger partial charge is 0.595 e. The fourth-order valence-corrected chi connectivity index (χ4v) is 3.69. The molecular formula is C23H27BrN6O4. The lowest BCUT2D eigenvalue weighted by atomic mass is 10.00. The third-order valence-electron chi connectivity index (χ3n) is 5.11. The van der Waals surface area contributed by atoms with Crippen molar-refractivity contribution >= 4 is 50.1 Å². The van der Waals surface area contributed by atoms with Gasteiger partial charge in [0, 0.05) is 55.9 Å². The molecule has 0 amide bonds. The van der Waals surface area contributed by atoms with E-state index in [9.17, 15) is 20.8 Å². The molecule has 0 spiro atoms. The number of anilines is 3. The van der Waals surface area contributed by atoms with Crippen LogP contribution in [0, 0.1) is 10.4 Å². The molecule has 0 radical (unpaired) electrons. The molecule has 0 heterocycles. The van der Waals surface area contributed by atoms with Gasteiger partial charge >= 0.3 is 0 Å². The van der Waals surface area contributed by atoms with Crippen LogP contribution in [0.2, 0.25) is 0 Å². The van der Waals surface area contributed by atoms with Gasteiger partial charge in [0.2, 0.25) is 0 Å². The van der Waals surface area contributed by atoms with E-state index in [4.69, 9.17) is 0 Å². The summed E-state index contributed by atoms with van der Waals surface area (Å²) in [7, 11) is 7.07. The monoisotopic (exact) mass is 530 g/mol. The molecule has 3 aromatic carbocycles. The first-order valence-corrected chi connectivity index (χ1v) is 11.1. The van der Waals surface area contributed by atoms with Crippen molar-refractivity contribution in [3.05, 3.63) is 86.7 Å². The number of hydrogen-bond acceptors (Lipinski definition) is 8. The second-order valence-electron chi connectivity index (χ2n) is 7.94. The normalized spacial score (nSPS) is 12.6. The molecule has 3 aromatic rings. The van der Waals surface area contributed by atoms with Crippen LogP contribution in [0.1, 0.15) is 11.1 Å². The Balaban J connectivity index is 2.17. The van der Waals surface area contributed by atoms with Crippen molar-refractivity contribution in [2.45, 2.75) is 0 Å². The van der Waals surface area contributed by atoms with E-state index in [1.807, 2.05) is 24.3 Å². The Labute approximate surface area is 206 Å². The van der Waals surface area contributed by atoms with Crippen molar-refractivity contribution < 1.29 is 20.9 Å². The highest BCUT2D eigenvalue weighted by atomic mass is 79.9. The first-order chi connectivity index (χ1) is 16.1. The van der Waals surface area contributed by atoms with Gasteiger partial charge in [0.25, 0.3) is 0 Å². The molecule has 0 saturated heterocycles. The quantitative estimate of drug-likeness (QED) is 0.223. The first kappa shape index (κ1) is 25.6. The Morgan fingerprint density at radius 1 is 0.794 bits per heavy atom. The molecule has 11 heteroatoms. The molecule has 0 aliphatic rings. The van der Waals surface area contributed by atoms with Crippen LogP contribution < -0.4 is 25.7 Å². The maximum Gasteiger partial charge on any atom is 0.188 e. The Morgan fingerprint density at radius 2 is 1.24 bits per heavy atom. The molecular weight excluding hydrogens is 504 g/mol. The predicted molar refractivity (Wildman–Crippen MR) is 136 cm³/mol. The maximum absolute atomic E-state index is 11.9. The number of benzene rings is 3. The van der Waals surface area contributed by atoms with E-state index in [0.717, 1.165) is 4.47 Å². The van der Waals surface area contributed by atoms with E-state index in [1.54, 1.807) is 74.4 Å². The molecule has 0 bridgehead atoms. The zero-order chi connectivity index (χ0) is 25.0. The fourth-order valence-electron chi connectivity index (χ4n) is 3.43. The molecule has 3 rings (SSSR count). The highest BCUT2D eigenvalue weighted by Gasteiger charge is 2.19. The summed E-state index contributed by atoms with van der Waals surface area (Å²) in [6, 6.07) is 17.4. The van der Waals surface area contributed by atoms with Gasteiger partial charge in [0.15, 0.2) is 11.4 Å². The molecule has 0 aliphatic heterocycles. The van der Waals surface area contributed by atoms with Crippen molar-refractivity contribution in [1.82, 2.24) is 0 Å². The highest BCUT2D eigenvalue weighted by Crippen LogP contribution is 2.27. The fraction of sp³-hybridized carbons (Fsp3) is 0.174. The van der Waals surface area contributed by atoms with Crippen LogP contribution in [0.15, 0.2) is 70.2 Å². The minimum absolute atomic E-state index is 0.113. The molecule has 2 unspecified atom stereocenters. The lowest BCUT2D eigenvalue weighted by molar-refractivity contribution is -0.990. The smallest absolute Gasteiger partial charge is 0.188 e. The number of nitrogens with one attached hydrogen (secondary N) is 3. The summed E-state index contributed by atoms with van der Waals surface area (Å²) in [5, 5.41) is 45.8. The Hall–Kier alpha value is -3.03. The zero-order valence-corrected chi connectivity index (χ0v) is 20.8. The topological polar surface area (TPSA) is 126 Å². The van der Waals surface area contributed by atoms with E-state index < -0.39 is 10.5 Å². The summed E-state index contributed by atoms with van der Waals surface area (Å²) >= 11 is 3.40. The van der Waals surface area contributed by atoms with Crippen molar-refractivity contribution in [3.63, 3.8) is 0 Å².